The Morgan fingerprint density at radius 2 is 1.69 bits per heavy atom. The molecule has 0 radical (unpaired) electrons. The Bertz CT molecular complexity index is 934. The minimum absolute atomic E-state index is 0.271. The number of hydrogen-bond donors (Lipinski definition) is 1. The van der Waals surface area contributed by atoms with Gasteiger partial charge >= 0.3 is 0 Å². The van der Waals surface area contributed by atoms with Crippen LogP contribution in [-0.4, -0.2) is 36.3 Å². The highest BCUT2D eigenvalue weighted by molar-refractivity contribution is 6.12. The van der Waals surface area contributed by atoms with Crippen LogP contribution in [0.2, 0.25) is 0 Å². The predicted molar refractivity (Wildman–Crippen MR) is 102 cm³/mol. The Labute approximate surface area is 151 Å². The summed E-state index contributed by atoms with van der Waals surface area (Å²) in [5, 5.41) is 13.3. The van der Waals surface area contributed by atoms with E-state index >= 15 is 0 Å². The Balaban J connectivity index is 1.67. The molecule has 0 atom stereocenters. The smallest absolute Gasteiger partial charge is 0.276 e. The molecule has 132 valence electrons. The molecule has 0 spiro atoms. The van der Waals surface area contributed by atoms with Crippen LogP contribution in [-0.2, 0) is 0 Å². The minimum atomic E-state index is -0.271. The summed E-state index contributed by atoms with van der Waals surface area (Å²) in [6.07, 6.45) is 2.32. The summed E-state index contributed by atoms with van der Waals surface area (Å²) in [6, 6.07) is 15.0. The molecule has 0 aliphatic carbocycles. The van der Waals surface area contributed by atoms with Gasteiger partial charge < -0.3 is 15.0 Å². The van der Waals surface area contributed by atoms with Crippen molar-refractivity contribution in [2.75, 3.05) is 30.4 Å². The number of aromatic nitrogens is 2. The molecule has 1 saturated heterocycles. The molecular weight excluding hydrogens is 328 g/mol. The molecule has 3 aromatic rings. The van der Waals surface area contributed by atoms with E-state index in [0.29, 0.717) is 11.4 Å². The lowest BCUT2D eigenvalue weighted by atomic mass is 10.1. The van der Waals surface area contributed by atoms with Crippen LogP contribution in [0.3, 0.4) is 0 Å². The Hall–Kier alpha value is -3.15. The first-order valence-corrected chi connectivity index (χ1v) is 8.72. The van der Waals surface area contributed by atoms with Gasteiger partial charge in [0.15, 0.2) is 11.5 Å². The van der Waals surface area contributed by atoms with Crippen LogP contribution in [0.5, 0.6) is 5.75 Å². The molecule has 1 N–H and O–H groups in total. The molecular formula is C20H20N4O2. The zero-order chi connectivity index (χ0) is 17.9. The van der Waals surface area contributed by atoms with E-state index in [1.165, 1.54) is 0 Å². The van der Waals surface area contributed by atoms with Crippen LogP contribution in [0, 0.1) is 0 Å². The van der Waals surface area contributed by atoms with Crippen molar-refractivity contribution in [3.05, 3.63) is 54.2 Å². The van der Waals surface area contributed by atoms with Crippen molar-refractivity contribution < 1.29 is 9.53 Å². The lowest BCUT2D eigenvalue weighted by molar-refractivity contribution is 0.102. The number of fused-ring (bicyclic) bond motifs is 1. The van der Waals surface area contributed by atoms with E-state index in [1.807, 2.05) is 24.3 Å². The standard InChI is InChI=1S/C20H20N4O2/c1-26-15-10-8-14(9-11-15)21-20(25)18-16-6-2-3-7-17(16)19(23-22-18)24-12-4-5-13-24/h2-3,6-11H,4-5,12-13H2,1H3,(H,21,25). The van der Waals surface area contributed by atoms with Crippen molar-refractivity contribution in [2.45, 2.75) is 12.8 Å². The van der Waals surface area contributed by atoms with Crippen LogP contribution in [0.15, 0.2) is 48.5 Å². The van der Waals surface area contributed by atoms with Crippen molar-refractivity contribution in [3.63, 3.8) is 0 Å². The lowest BCUT2D eigenvalue weighted by Gasteiger charge is -2.18. The second-order valence-corrected chi connectivity index (χ2v) is 6.29. The SMILES string of the molecule is COc1ccc(NC(=O)c2nnc(N3CCCC3)c3ccccc23)cc1. The van der Waals surface area contributed by atoms with Gasteiger partial charge in [0, 0.05) is 29.5 Å². The number of benzene rings is 2. The Morgan fingerprint density at radius 1 is 1.00 bits per heavy atom. The molecule has 1 amide bonds. The second-order valence-electron chi connectivity index (χ2n) is 6.29. The second kappa shape index (κ2) is 7.00. The third-order valence-electron chi connectivity index (χ3n) is 4.64. The number of carbonyl (C=O) groups excluding carboxylic acids is 1. The van der Waals surface area contributed by atoms with E-state index in [2.05, 4.69) is 20.4 Å². The molecule has 26 heavy (non-hydrogen) atoms. The van der Waals surface area contributed by atoms with E-state index in [9.17, 15) is 4.79 Å². The molecule has 6 nitrogen and oxygen atoms in total. The van der Waals surface area contributed by atoms with Crippen molar-refractivity contribution in [3.8, 4) is 5.75 Å². The number of rotatable bonds is 4. The third kappa shape index (κ3) is 3.06. The number of methoxy groups -OCH3 is 1. The van der Waals surface area contributed by atoms with E-state index in [-0.39, 0.29) is 5.91 Å². The average molecular weight is 348 g/mol. The van der Waals surface area contributed by atoms with Crippen LogP contribution in [0.1, 0.15) is 23.3 Å². The molecule has 2 heterocycles. The molecule has 1 aliphatic rings. The van der Waals surface area contributed by atoms with Gasteiger partial charge in [-0.15, -0.1) is 10.2 Å². The maximum Gasteiger partial charge on any atom is 0.276 e. The van der Waals surface area contributed by atoms with Crippen LogP contribution >= 0.6 is 0 Å². The summed E-state index contributed by atoms with van der Waals surface area (Å²) in [4.78, 5) is 15.0. The monoisotopic (exact) mass is 348 g/mol. The van der Waals surface area contributed by atoms with Crippen LogP contribution < -0.4 is 15.0 Å². The number of carbonyl (C=O) groups is 1. The van der Waals surface area contributed by atoms with Crippen molar-refractivity contribution in [2.24, 2.45) is 0 Å². The van der Waals surface area contributed by atoms with E-state index in [1.54, 1.807) is 31.4 Å². The molecule has 6 heteroatoms. The number of anilines is 2. The van der Waals surface area contributed by atoms with Gasteiger partial charge in [0.1, 0.15) is 5.75 Å². The third-order valence-corrected chi connectivity index (χ3v) is 4.64. The maximum atomic E-state index is 12.8. The summed E-state index contributed by atoms with van der Waals surface area (Å²) >= 11 is 0. The predicted octanol–water partition coefficient (Wildman–Crippen LogP) is 3.49. The topological polar surface area (TPSA) is 67.3 Å². The Morgan fingerprint density at radius 3 is 2.38 bits per heavy atom. The zero-order valence-electron chi connectivity index (χ0n) is 14.6. The number of nitrogens with one attached hydrogen (secondary N) is 1. The summed E-state index contributed by atoms with van der Waals surface area (Å²) in [5.41, 5.74) is 1.02. The van der Waals surface area contributed by atoms with Crippen molar-refractivity contribution in [1.82, 2.24) is 10.2 Å². The van der Waals surface area contributed by atoms with E-state index in [0.717, 1.165) is 48.3 Å². The van der Waals surface area contributed by atoms with Gasteiger partial charge in [0.25, 0.3) is 5.91 Å². The van der Waals surface area contributed by atoms with Gasteiger partial charge in [0.2, 0.25) is 0 Å². The molecule has 1 aromatic heterocycles. The van der Waals surface area contributed by atoms with Crippen molar-refractivity contribution >= 4 is 28.2 Å². The molecule has 0 saturated carbocycles. The molecule has 1 aliphatic heterocycles. The van der Waals surface area contributed by atoms with Crippen LogP contribution in [0.25, 0.3) is 10.8 Å². The molecule has 1 fully saturated rings. The first-order valence-electron chi connectivity index (χ1n) is 8.72. The first-order chi connectivity index (χ1) is 12.8. The van der Waals surface area contributed by atoms with Crippen molar-refractivity contribution in [1.29, 1.82) is 0 Å². The van der Waals surface area contributed by atoms with Gasteiger partial charge in [-0.1, -0.05) is 24.3 Å². The highest BCUT2D eigenvalue weighted by Gasteiger charge is 2.20. The molecule has 4 rings (SSSR count). The highest BCUT2D eigenvalue weighted by atomic mass is 16.5. The number of ether oxygens (including phenoxy) is 1. The largest absolute Gasteiger partial charge is 0.497 e. The normalized spacial score (nSPS) is 13.8. The molecule has 0 bridgehead atoms. The summed E-state index contributed by atoms with van der Waals surface area (Å²) < 4.78 is 5.14. The number of nitrogens with zero attached hydrogens (tertiary/aromatic N) is 3. The minimum Gasteiger partial charge on any atom is -0.497 e. The van der Waals surface area contributed by atoms with Gasteiger partial charge in [-0.2, -0.15) is 0 Å². The maximum absolute atomic E-state index is 12.8. The van der Waals surface area contributed by atoms with E-state index in [4.69, 9.17) is 4.74 Å². The van der Waals surface area contributed by atoms with E-state index < -0.39 is 0 Å². The van der Waals surface area contributed by atoms with Gasteiger partial charge in [-0.25, -0.2) is 0 Å². The number of hydrogen-bond acceptors (Lipinski definition) is 5. The summed E-state index contributed by atoms with van der Waals surface area (Å²) in [5.74, 6) is 1.33. The molecule has 2 aromatic carbocycles. The first kappa shape index (κ1) is 16.3. The summed E-state index contributed by atoms with van der Waals surface area (Å²) in [6.45, 7) is 1.96. The Kier molecular flexibility index (Phi) is 4.39. The fourth-order valence-corrected chi connectivity index (χ4v) is 3.28. The van der Waals surface area contributed by atoms with Gasteiger partial charge in [0.05, 0.1) is 7.11 Å². The summed E-state index contributed by atoms with van der Waals surface area (Å²) in [7, 11) is 1.61. The highest BCUT2D eigenvalue weighted by Crippen LogP contribution is 2.28. The molecule has 0 unspecified atom stereocenters. The quantitative estimate of drug-likeness (QED) is 0.782. The van der Waals surface area contributed by atoms with Gasteiger partial charge in [-0.3, -0.25) is 4.79 Å². The number of amides is 1. The lowest BCUT2D eigenvalue weighted by Crippen LogP contribution is -2.22. The van der Waals surface area contributed by atoms with Crippen LogP contribution in [0.4, 0.5) is 11.5 Å². The fraction of sp³-hybridized carbons (Fsp3) is 0.250. The average Bonchev–Trinajstić information content (AvgIpc) is 3.22. The fourth-order valence-electron chi connectivity index (χ4n) is 3.28. The van der Waals surface area contributed by atoms with Gasteiger partial charge in [-0.05, 0) is 37.1 Å². The zero-order valence-corrected chi connectivity index (χ0v) is 14.6.